The van der Waals surface area contributed by atoms with Crippen LogP contribution < -0.4 is 9.92 Å². The Morgan fingerprint density at radius 2 is 1.68 bits per heavy atom. The largest absolute Gasteiger partial charge is 0.488 e. The number of halogens is 1. The molecule has 0 saturated carbocycles. The van der Waals surface area contributed by atoms with Gasteiger partial charge in [0.1, 0.15) is 5.75 Å². The number of hydrogen-bond acceptors (Lipinski definition) is 6. The van der Waals surface area contributed by atoms with E-state index in [1.807, 2.05) is 34.6 Å². The molecule has 2 rings (SSSR count). The van der Waals surface area contributed by atoms with Crippen molar-refractivity contribution in [1.82, 2.24) is 0 Å². The summed E-state index contributed by atoms with van der Waals surface area (Å²) in [6, 6.07) is 1.45. The summed E-state index contributed by atoms with van der Waals surface area (Å²) in [7, 11) is -5.63. The van der Waals surface area contributed by atoms with Gasteiger partial charge in [0, 0.05) is 12.9 Å². The van der Waals surface area contributed by atoms with Crippen molar-refractivity contribution in [1.29, 1.82) is 0 Å². The van der Waals surface area contributed by atoms with E-state index in [4.69, 9.17) is 15.0 Å². The van der Waals surface area contributed by atoms with Gasteiger partial charge in [0.2, 0.25) is 0 Å². The maximum atomic E-state index is 13.0. The molecule has 1 aromatic carbocycles. The van der Waals surface area contributed by atoms with E-state index in [1.165, 1.54) is 6.07 Å². The highest BCUT2D eigenvalue weighted by Crippen LogP contribution is 2.39. The van der Waals surface area contributed by atoms with Gasteiger partial charge in [-0.1, -0.05) is 3.89 Å². The predicted molar refractivity (Wildman–Crippen MR) is 94.2 cm³/mol. The molecule has 1 aliphatic rings. The summed E-state index contributed by atoms with van der Waals surface area (Å²) in [6.45, 7) is 11.5. The standard InChI is InChI=1S/C16H25BFNO5S/c1-10-12(9-19)7-14(22-25(18,20)21)11(2)13(10)8-17-23-15(3,4)16(5,6)24-17/h7H,8-9,19H2,1-6H3. The van der Waals surface area contributed by atoms with E-state index in [1.54, 1.807) is 6.92 Å². The van der Waals surface area contributed by atoms with Crippen molar-refractivity contribution in [3.8, 4) is 5.75 Å². The van der Waals surface area contributed by atoms with Crippen LogP contribution in [-0.4, -0.2) is 26.7 Å². The highest BCUT2D eigenvalue weighted by atomic mass is 32.3. The van der Waals surface area contributed by atoms with Crippen molar-refractivity contribution < 1.29 is 25.8 Å². The molecule has 0 radical (unpaired) electrons. The molecule has 0 amide bonds. The second-order valence-electron chi connectivity index (χ2n) is 7.33. The fourth-order valence-electron chi connectivity index (χ4n) is 2.93. The summed E-state index contributed by atoms with van der Waals surface area (Å²) in [5, 5.41) is 0. The van der Waals surface area contributed by atoms with Gasteiger partial charge in [-0.3, -0.25) is 0 Å². The molecule has 0 unspecified atom stereocenters. The molecule has 140 valence electrons. The molecular weight excluding hydrogens is 348 g/mol. The van der Waals surface area contributed by atoms with Crippen molar-refractivity contribution >= 4 is 17.6 Å². The Hall–Kier alpha value is -1.16. The van der Waals surface area contributed by atoms with Gasteiger partial charge in [-0.2, -0.15) is 8.42 Å². The van der Waals surface area contributed by atoms with Crippen molar-refractivity contribution in [2.45, 2.75) is 65.6 Å². The van der Waals surface area contributed by atoms with Crippen LogP contribution in [-0.2, 0) is 32.7 Å². The SMILES string of the molecule is Cc1c(CN)cc(OS(=O)(=O)F)c(C)c1CB1OC(C)(C)C(C)(C)O1. The lowest BCUT2D eigenvalue weighted by molar-refractivity contribution is 0.00578. The molecule has 1 fully saturated rings. The molecule has 0 bridgehead atoms. The fourth-order valence-corrected chi connectivity index (χ4v) is 3.31. The molecule has 0 aromatic heterocycles. The van der Waals surface area contributed by atoms with E-state index in [0.29, 0.717) is 17.4 Å². The smallest absolute Gasteiger partial charge is 0.403 e. The summed E-state index contributed by atoms with van der Waals surface area (Å²) in [5.41, 5.74) is 7.64. The molecule has 2 N–H and O–H groups in total. The van der Waals surface area contributed by atoms with Gasteiger partial charge in [-0.05, 0) is 69.9 Å². The van der Waals surface area contributed by atoms with Crippen molar-refractivity contribution in [3.63, 3.8) is 0 Å². The van der Waals surface area contributed by atoms with Crippen molar-refractivity contribution in [2.24, 2.45) is 5.73 Å². The maximum Gasteiger partial charge on any atom is 0.488 e. The van der Waals surface area contributed by atoms with E-state index in [-0.39, 0.29) is 12.3 Å². The lowest BCUT2D eigenvalue weighted by Crippen LogP contribution is -2.41. The maximum absolute atomic E-state index is 13.0. The fraction of sp³-hybridized carbons (Fsp3) is 0.625. The Balaban J connectivity index is 2.42. The quantitative estimate of drug-likeness (QED) is 0.630. The topological polar surface area (TPSA) is 87.9 Å². The van der Waals surface area contributed by atoms with Gasteiger partial charge in [-0.15, -0.1) is 0 Å². The summed E-state index contributed by atoms with van der Waals surface area (Å²) in [5.74, 6) is -0.0694. The Morgan fingerprint density at radius 3 is 2.12 bits per heavy atom. The number of nitrogens with two attached hydrogens (primary N) is 1. The normalized spacial score (nSPS) is 19.3. The van der Waals surface area contributed by atoms with Gasteiger partial charge in [0.05, 0.1) is 11.2 Å². The average molecular weight is 373 g/mol. The molecule has 1 aliphatic heterocycles. The van der Waals surface area contributed by atoms with Crippen LogP contribution in [0.4, 0.5) is 3.89 Å². The molecule has 1 saturated heterocycles. The molecule has 0 spiro atoms. The number of hydrogen-bond donors (Lipinski definition) is 1. The van der Waals surface area contributed by atoms with Gasteiger partial charge < -0.3 is 19.2 Å². The van der Waals surface area contributed by atoms with Crippen LogP contribution in [0.5, 0.6) is 5.75 Å². The first-order valence-corrected chi connectivity index (χ1v) is 9.40. The van der Waals surface area contributed by atoms with Crippen LogP contribution in [0.3, 0.4) is 0 Å². The molecule has 1 aromatic rings. The lowest BCUT2D eigenvalue weighted by atomic mass is 9.77. The number of benzene rings is 1. The second-order valence-corrected chi connectivity index (χ2v) is 8.29. The molecule has 1 heterocycles. The summed E-state index contributed by atoms with van der Waals surface area (Å²) < 4.78 is 51.3. The Labute approximate surface area is 149 Å². The van der Waals surface area contributed by atoms with Gasteiger partial charge >= 0.3 is 17.6 Å². The van der Waals surface area contributed by atoms with E-state index in [0.717, 1.165) is 11.1 Å². The van der Waals surface area contributed by atoms with E-state index >= 15 is 0 Å². The zero-order valence-electron chi connectivity index (χ0n) is 15.5. The van der Waals surface area contributed by atoms with Gasteiger partial charge in [0.15, 0.2) is 0 Å². The first-order chi connectivity index (χ1) is 11.3. The third-order valence-electron chi connectivity index (χ3n) is 5.14. The summed E-state index contributed by atoms with van der Waals surface area (Å²) >= 11 is 0. The first kappa shape index (κ1) is 20.2. The van der Waals surface area contributed by atoms with Crippen molar-refractivity contribution in [3.05, 3.63) is 28.3 Å². The van der Waals surface area contributed by atoms with Gasteiger partial charge in [0.25, 0.3) is 0 Å². The Morgan fingerprint density at radius 1 is 1.16 bits per heavy atom. The van der Waals surface area contributed by atoms with Crippen LogP contribution in [0, 0.1) is 13.8 Å². The molecule has 9 heteroatoms. The highest BCUT2D eigenvalue weighted by Gasteiger charge is 2.51. The van der Waals surface area contributed by atoms with Gasteiger partial charge in [-0.25, -0.2) is 0 Å². The Bertz CT molecular complexity index is 763. The minimum Gasteiger partial charge on any atom is -0.403 e. The summed E-state index contributed by atoms with van der Waals surface area (Å²) in [6.07, 6.45) is 0.376. The number of rotatable bonds is 5. The zero-order valence-corrected chi connectivity index (χ0v) is 16.3. The minimum absolute atomic E-state index is 0.0694. The summed E-state index contributed by atoms with van der Waals surface area (Å²) in [4.78, 5) is 0. The monoisotopic (exact) mass is 373 g/mol. The zero-order chi connectivity index (χ0) is 19.2. The third-order valence-corrected chi connectivity index (χ3v) is 5.52. The predicted octanol–water partition coefficient (Wildman–Crippen LogP) is 2.53. The van der Waals surface area contributed by atoms with Crippen LogP contribution in [0.1, 0.15) is 49.9 Å². The van der Waals surface area contributed by atoms with Crippen LogP contribution in [0.15, 0.2) is 6.07 Å². The first-order valence-electron chi connectivity index (χ1n) is 8.09. The van der Waals surface area contributed by atoms with Crippen molar-refractivity contribution in [2.75, 3.05) is 0 Å². The van der Waals surface area contributed by atoms with Crippen LogP contribution >= 0.6 is 0 Å². The molecule has 25 heavy (non-hydrogen) atoms. The highest BCUT2D eigenvalue weighted by molar-refractivity contribution is 7.81. The van der Waals surface area contributed by atoms with Crippen LogP contribution in [0.25, 0.3) is 0 Å². The molecule has 0 atom stereocenters. The van der Waals surface area contributed by atoms with E-state index in [2.05, 4.69) is 4.18 Å². The minimum atomic E-state index is -5.12. The molecular formula is C16H25BFNO5S. The molecule has 0 aliphatic carbocycles. The van der Waals surface area contributed by atoms with Crippen LogP contribution in [0.2, 0.25) is 0 Å². The third kappa shape index (κ3) is 4.16. The van der Waals surface area contributed by atoms with E-state index < -0.39 is 28.8 Å². The molecule has 6 nitrogen and oxygen atoms in total. The second kappa shape index (κ2) is 6.53. The lowest BCUT2D eigenvalue weighted by Gasteiger charge is -2.32. The van der Waals surface area contributed by atoms with E-state index in [9.17, 15) is 12.3 Å². The Kier molecular flexibility index (Phi) is 5.27. The average Bonchev–Trinajstić information content (AvgIpc) is 2.64.